The molecule has 0 spiro atoms. The van der Waals surface area contributed by atoms with Crippen molar-refractivity contribution in [1.29, 1.82) is 0 Å². The first-order chi connectivity index (χ1) is 33.2. The number of rotatable bonds is 5. The Labute approximate surface area is 418 Å². The first-order valence-electron chi connectivity index (χ1n) is 26.1. The quantitative estimate of drug-likeness (QED) is 0.160. The van der Waals surface area contributed by atoms with E-state index in [1.54, 1.807) is 0 Å². The first-order valence-corrected chi connectivity index (χ1v) is 26.1. The molecule has 0 unspecified atom stereocenters. The molecule has 3 heterocycles. The van der Waals surface area contributed by atoms with Crippen molar-refractivity contribution >= 4 is 51.7 Å². The van der Waals surface area contributed by atoms with E-state index in [4.69, 9.17) is 4.42 Å². The Hall–Kier alpha value is -6.26. The average Bonchev–Trinajstić information content (AvgIpc) is 3.71. The van der Waals surface area contributed by atoms with E-state index in [9.17, 15) is 0 Å². The normalized spacial score (nSPS) is 17.9. The Morgan fingerprint density at radius 3 is 1.79 bits per heavy atom. The van der Waals surface area contributed by atoms with E-state index in [2.05, 4.69) is 232 Å². The Morgan fingerprint density at radius 1 is 0.514 bits per heavy atom. The summed E-state index contributed by atoms with van der Waals surface area (Å²) < 4.78 is 7.62. The topological polar surface area (TPSA) is 19.6 Å². The Kier molecular flexibility index (Phi) is 9.86. The van der Waals surface area contributed by atoms with Crippen LogP contribution in [0.1, 0.15) is 141 Å². The summed E-state index contributed by atoms with van der Waals surface area (Å²) in [7, 11) is 0. The molecule has 8 aromatic rings. The highest BCUT2D eigenvalue weighted by atomic mass is 16.4. The van der Waals surface area contributed by atoms with Crippen LogP contribution < -0.4 is 20.6 Å². The summed E-state index contributed by atoms with van der Waals surface area (Å²) in [4.78, 5) is 5.28. The van der Waals surface area contributed by atoms with E-state index in [1.165, 1.54) is 112 Å². The van der Waals surface area contributed by atoms with Crippen LogP contribution in [0.3, 0.4) is 0 Å². The Bertz CT molecular complexity index is 3420. The summed E-state index contributed by atoms with van der Waals surface area (Å²) in [6.45, 7) is 29.3. The SMILES string of the molecule is Cc1cc2c3c(c1)N(Cc1ccc(C(C)(C)C)cc1-c1ccccc1)c1oc4cc5c(cc4c1B3N(c1ccc3c(c1)C(C)(C)CCC3(C)C)c1ccc(-c3ccccc3)cc1-2)C(C)(C)CCC5(C)C. The van der Waals surface area contributed by atoms with Gasteiger partial charge in [0.1, 0.15) is 5.58 Å². The molecule has 352 valence electrons. The van der Waals surface area contributed by atoms with Gasteiger partial charge in [-0.1, -0.05) is 173 Å². The van der Waals surface area contributed by atoms with Crippen molar-refractivity contribution in [1.82, 2.24) is 0 Å². The fraction of sp³-hybridized carbons (Fsp3) is 0.333. The predicted molar refractivity (Wildman–Crippen MR) is 299 cm³/mol. The molecule has 0 bridgehead atoms. The van der Waals surface area contributed by atoms with Crippen LogP contribution in [0.2, 0.25) is 0 Å². The summed E-state index contributed by atoms with van der Waals surface area (Å²) in [6, 6.07) is 53.8. The second-order valence-electron chi connectivity index (χ2n) is 25.2. The molecule has 2 aliphatic heterocycles. The van der Waals surface area contributed by atoms with E-state index in [0.29, 0.717) is 6.54 Å². The van der Waals surface area contributed by atoms with Gasteiger partial charge in [0.25, 0.3) is 0 Å². The van der Waals surface area contributed by atoms with Gasteiger partial charge in [-0.2, -0.15) is 0 Å². The Balaban J connectivity index is 1.18. The van der Waals surface area contributed by atoms with Crippen LogP contribution in [0.15, 0.2) is 144 Å². The molecule has 4 aliphatic rings. The first kappa shape index (κ1) is 44.9. The number of anilines is 4. The van der Waals surface area contributed by atoms with Crippen LogP contribution in [-0.2, 0) is 33.6 Å². The molecule has 0 saturated carbocycles. The molecule has 70 heavy (non-hydrogen) atoms. The molecule has 1 aromatic heterocycles. The van der Waals surface area contributed by atoms with Crippen LogP contribution in [0.5, 0.6) is 0 Å². The molecule has 0 fully saturated rings. The highest BCUT2D eigenvalue weighted by Gasteiger charge is 2.49. The smallest absolute Gasteiger partial charge is 0.337 e. The summed E-state index contributed by atoms with van der Waals surface area (Å²) in [5.41, 5.74) is 24.7. The van der Waals surface area contributed by atoms with Crippen molar-refractivity contribution in [2.75, 3.05) is 9.71 Å². The number of fused-ring (bicyclic) bond motifs is 8. The molecule has 0 radical (unpaired) electrons. The van der Waals surface area contributed by atoms with Gasteiger partial charge in [0.05, 0.1) is 6.54 Å². The lowest BCUT2D eigenvalue weighted by Crippen LogP contribution is -2.61. The van der Waals surface area contributed by atoms with Gasteiger partial charge in [-0.15, -0.1) is 0 Å². The number of hydrogen-bond acceptors (Lipinski definition) is 3. The van der Waals surface area contributed by atoms with Crippen molar-refractivity contribution in [2.24, 2.45) is 0 Å². The number of hydrogen-bond donors (Lipinski definition) is 0. The Morgan fingerprint density at radius 2 is 1.13 bits per heavy atom. The van der Waals surface area contributed by atoms with Crippen LogP contribution >= 0.6 is 0 Å². The van der Waals surface area contributed by atoms with Gasteiger partial charge in [-0.05, 0) is 174 Å². The van der Waals surface area contributed by atoms with Gasteiger partial charge >= 0.3 is 6.85 Å². The highest BCUT2D eigenvalue weighted by molar-refractivity contribution is 6.95. The third kappa shape index (κ3) is 6.97. The molecule has 0 N–H and O–H groups in total. The minimum Gasteiger partial charge on any atom is -0.441 e. The molecule has 0 atom stereocenters. The highest BCUT2D eigenvalue weighted by Crippen LogP contribution is 2.53. The number of aryl methyl sites for hydroxylation is 1. The van der Waals surface area contributed by atoms with Gasteiger partial charge in [-0.3, -0.25) is 0 Å². The van der Waals surface area contributed by atoms with Gasteiger partial charge < -0.3 is 14.1 Å². The van der Waals surface area contributed by atoms with Gasteiger partial charge in [0, 0.05) is 33.5 Å². The standard InChI is InChI=1S/C66H69BN2O/c1-41-33-50-49-35-44(42-19-15-13-16-20-42)24-28-56(49)69(47-26-27-52-53(37-47)64(7,8)30-29-63(52,5)6)67-59(50)57(34-41)68(40-45-23-25-46(62(2,3)4)36-48(45)43-21-17-14-18-22-43)61-60(67)51-38-54-55(39-58(51)70-61)66(11,12)32-31-65(54,9)10/h13-28,33-39H,29-32,40H2,1-12H3. The molecule has 4 heteroatoms. The van der Waals surface area contributed by atoms with E-state index in [0.717, 1.165) is 30.7 Å². The summed E-state index contributed by atoms with van der Waals surface area (Å²) >= 11 is 0. The van der Waals surface area contributed by atoms with Crippen molar-refractivity contribution in [3.63, 3.8) is 0 Å². The van der Waals surface area contributed by atoms with Crippen molar-refractivity contribution in [3.8, 4) is 33.4 Å². The van der Waals surface area contributed by atoms with E-state index < -0.39 is 0 Å². The van der Waals surface area contributed by atoms with Gasteiger partial charge in [-0.25, -0.2) is 0 Å². The van der Waals surface area contributed by atoms with Gasteiger partial charge in [0.15, 0.2) is 5.88 Å². The van der Waals surface area contributed by atoms with Crippen LogP contribution in [0.25, 0.3) is 44.3 Å². The monoisotopic (exact) mass is 917 g/mol. The molecular weight excluding hydrogens is 848 g/mol. The molecule has 12 rings (SSSR count). The van der Waals surface area contributed by atoms with E-state index in [1.807, 2.05) is 0 Å². The minimum absolute atomic E-state index is 0.000301. The average molecular weight is 917 g/mol. The van der Waals surface area contributed by atoms with Crippen LogP contribution in [0, 0.1) is 6.92 Å². The number of benzene rings is 7. The molecule has 7 aromatic carbocycles. The maximum absolute atomic E-state index is 7.62. The zero-order valence-electron chi connectivity index (χ0n) is 43.7. The molecule has 2 aliphatic carbocycles. The molecule has 0 amide bonds. The zero-order valence-corrected chi connectivity index (χ0v) is 43.7. The minimum atomic E-state index is -0.152. The van der Waals surface area contributed by atoms with Crippen molar-refractivity contribution in [3.05, 3.63) is 178 Å². The lowest BCUT2D eigenvalue weighted by molar-refractivity contribution is 0.332. The summed E-state index contributed by atoms with van der Waals surface area (Å²) in [5.74, 6) is 0.953. The number of nitrogens with zero attached hydrogens (tertiary/aromatic N) is 2. The number of furan rings is 1. The summed E-state index contributed by atoms with van der Waals surface area (Å²) in [5, 5.41) is 1.23. The molecule has 3 nitrogen and oxygen atoms in total. The second-order valence-corrected chi connectivity index (χ2v) is 25.2. The summed E-state index contributed by atoms with van der Waals surface area (Å²) in [6.07, 6.45) is 4.64. The second kappa shape index (κ2) is 15.4. The fourth-order valence-corrected chi connectivity index (χ4v) is 13.0. The largest absolute Gasteiger partial charge is 0.441 e. The third-order valence-corrected chi connectivity index (χ3v) is 17.5. The van der Waals surface area contributed by atoms with E-state index >= 15 is 0 Å². The van der Waals surface area contributed by atoms with Gasteiger partial charge in [0.2, 0.25) is 0 Å². The molecular formula is C66H69BN2O. The van der Waals surface area contributed by atoms with Crippen molar-refractivity contribution in [2.45, 2.75) is 142 Å². The van der Waals surface area contributed by atoms with Crippen molar-refractivity contribution < 1.29 is 4.42 Å². The lowest BCUT2D eigenvalue weighted by Gasteiger charge is -2.46. The lowest BCUT2D eigenvalue weighted by atomic mass is 9.43. The van der Waals surface area contributed by atoms with Crippen LogP contribution in [-0.4, -0.2) is 6.85 Å². The maximum atomic E-state index is 7.62. The molecule has 0 saturated heterocycles. The van der Waals surface area contributed by atoms with E-state index in [-0.39, 0.29) is 33.9 Å². The third-order valence-electron chi connectivity index (χ3n) is 17.5. The maximum Gasteiger partial charge on any atom is 0.337 e. The zero-order chi connectivity index (χ0) is 48.9. The predicted octanol–water partition coefficient (Wildman–Crippen LogP) is 16.6. The fourth-order valence-electron chi connectivity index (χ4n) is 13.0. The van der Waals surface area contributed by atoms with Crippen LogP contribution in [0.4, 0.5) is 22.9 Å².